The van der Waals surface area contributed by atoms with Crippen molar-refractivity contribution in [3.8, 4) is 5.75 Å². The molecule has 0 unspecified atom stereocenters. The summed E-state index contributed by atoms with van der Waals surface area (Å²) in [6.45, 7) is 2.02. The van der Waals surface area contributed by atoms with Gasteiger partial charge in [-0.2, -0.15) is 0 Å². The van der Waals surface area contributed by atoms with Crippen molar-refractivity contribution >= 4 is 38.3 Å². The van der Waals surface area contributed by atoms with E-state index < -0.39 is 0 Å². The van der Waals surface area contributed by atoms with E-state index in [1.165, 1.54) is 11.3 Å². The van der Waals surface area contributed by atoms with Crippen molar-refractivity contribution in [2.45, 2.75) is 19.8 Å². The van der Waals surface area contributed by atoms with E-state index in [0.717, 1.165) is 22.3 Å². The van der Waals surface area contributed by atoms with Gasteiger partial charge in [0.25, 0.3) is 5.91 Å². The summed E-state index contributed by atoms with van der Waals surface area (Å²) in [4.78, 5) is 11.7. The van der Waals surface area contributed by atoms with E-state index in [-0.39, 0.29) is 12.5 Å². The number of hydrogen-bond donors (Lipinski definition) is 1. The van der Waals surface area contributed by atoms with Gasteiger partial charge < -0.3 is 4.74 Å². The second-order valence-electron chi connectivity index (χ2n) is 4.04. The topological polar surface area (TPSA) is 64.1 Å². The van der Waals surface area contributed by atoms with Gasteiger partial charge in [0, 0.05) is 10.9 Å². The van der Waals surface area contributed by atoms with Crippen molar-refractivity contribution in [1.82, 2.24) is 10.2 Å². The van der Waals surface area contributed by atoms with Gasteiger partial charge in [-0.15, -0.1) is 10.2 Å². The normalized spacial score (nSPS) is 10.3. The van der Waals surface area contributed by atoms with Crippen molar-refractivity contribution in [2.24, 2.45) is 0 Å². The lowest BCUT2D eigenvalue weighted by Crippen LogP contribution is -2.20. The summed E-state index contributed by atoms with van der Waals surface area (Å²) in [5.41, 5.74) is 0. The van der Waals surface area contributed by atoms with Crippen LogP contribution in [0.25, 0.3) is 0 Å². The van der Waals surface area contributed by atoms with Gasteiger partial charge >= 0.3 is 0 Å². The Labute approximate surface area is 129 Å². The van der Waals surface area contributed by atoms with Crippen LogP contribution < -0.4 is 10.1 Å². The number of ether oxygens (including phenoxy) is 1. The zero-order chi connectivity index (χ0) is 14.4. The molecule has 0 atom stereocenters. The van der Waals surface area contributed by atoms with E-state index in [9.17, 15) is 4.79 Å². The molecule has 2 rings (SSSR count). The summed E-state index contributed by atoms with van der Waals surface area (Å²) >= 11 is 4.73. The van der Waals surface area contributed by atoms with Crippen LogP contribution in [-0.4, -0.2) is 22.7 Å². The molecular formula is C13H14BrN3O2S. The Morgan fingerprint density at radius 2 is 2.10 bits per heavy atom. The molecule has 7 heteroatoms. The van der Waals surface area contributed by atoms with Crippen LogP contribution in [-0.2, 0) is 11.2 Å². The Bertz CT molecular complexity index is 571. The predicted molar refractivity (Wildman–Crippen MR) is 82.2 cm³/mol. The first-order chi connectivity index (χ1) is 9.67. The number of nitrogens with zero attached hydrogens (tertiary/aromatic N) is 2. The van der Waals surface area contributed by atoms with E-state index in [1.807, 2.05) is 12.1 Å². The Balaban J connectivity index is 1.81. The summed E-state index contributed by atoms with van der Waals surface area (Å²) in [5.74, 6) is 0.402. The van der Waals surface area contributed by atoms with Crippen LogP contribution in [0.4, 0.5) is 5.13 Å². The van der Waals surface area contributed by atoms with E-state index in [4.69, 9.17) is 4.74 Å². The zero-order valence-electron chi connectivity index (χ0n) is 10.9. The monoisotopic (exact) mass is 355 g/mol. The number of halogens is 1. The number of benzene rings is 1. The van der Waals surface area contributed by atoms with E-state index in [1.54, 1.807) is 12.1 Å². The summed E-state index contributed by atoms with van der Waals surface area (Å²) < 4.78 is 6.34. The van der Waals surface area contributed by atoms with Crippen LogP contribution in [0.3, 0.4) is 0 Å². The standard InChI is InChI=1S/C13H14BrN3O2S/c1-2-3-12-16-17-13(20-12)15-11(18)8-19-10-6-4-9(14)5-7-10/h4-7H,2-3,8H2,1H3,(H,15,17,18). The van der Waals surface area contributed by atoms with E-state index in [0.29, 0.717) is 10.9 Å². The Morgan fingerprint density at radius 1 is 1.35 bits per heavy atom. The van der Waals surface area contributed by atoms with Gasteiger partial charge in [0.15, 0.2) is 6.61 Å². The molecule has 0 bridgehead atoms. The van der Waals surface area contributed by atoms with Gasteiger partial charge in [-0.25, -0.2) is 0 Å². The van der Waals surface area contributed by atoms with Crippen LogP contribution in [0.15, 0.2) is 28.7 Å². The van der Waals surface area contributed by atoms with Gasteiger partial charge in [-0.05, 0) is 30.7 Å². The molecule has 0 saturated heterocycles. The fourth-order valence-electron chi connectivity index (χ4n) is 1.45. The maximum absolute atomic E-state index is 11.7. The molecular weight excluding hydrogens is 342 g/mol. The van der Waals surface area contributed by atoms with Gasteiger partial charge in [0.2, 0.25) is 5.13 Å². The van der Waals surface area contributed by atoms with Gasteiger partial charge in [-0.3, -0.25) is 10.1 Å². The minimum atomic E-state index is -0.243. The first kappa shape index (κ1) is 14.9. The Kier molecular flexibility index (Phi) is 5.49. The minimum Gasteiger partial charge on any atom is -0.484 e. The second kappa shape index (κ2) is 7.35. The molecule has 1 aromatic carbocycles. The molecule has 0 aliphatic rings. The molecule has 1 amide bonds. The summed E-state index contributed by atoms with van der Waals surface area (Å²) in [7, 11) is 0. The zero-order valence-corrected chi connectivity index (χ0v) is 13.3. The lowest BCUT2D eigenvalue weighted by molar-refractivity contribution is -0.118. The molecule has 1 aromatic heterocycles. The van der Waals surface area contributed by atoms with Crippen LogP contribution in [0.5, 0.6) is 5.75 Å². The lowest BCUT2D eigenvalue weighted by atomic mass is 10.3. The Morgan fingerprint density at radius 3 is 2.80 bits per heavy atom. The summed E-state index contributed by atoms with van der Waals surface area (Å²) in [6, 6.07) is 7.30. The van der Waals surface area contributed by atoms with Crippen LogP contribution in [0, 0.1) is 0 Å². The van der Waals surface area contributed by atoms with Crippen LogP contribution in [0.2, 0.25) is 0 Å². The summed E-state index contributed by atoms with van der Waals surface area (Å²) in [5, 5.41) is 12.0. The maximum Gasteiger partial charge on any atom is 0.264 e. The maximum atomic E-state index is 11.7. The molecule has 106 valence electrons. The van der Waals surface area contributed by atoms with Gasteiger partial charge in [0.05, 0.1) is 0 Å². The molecule has 0 aliphatic heterocycles. The van der Waals surface area contributed by atoms with Crippen LogP contribution in [0.1, 0.15) is 18.4 Å². The molecule has 0 aliphatic carbocycles. The average molecular weight is 356 g/mol. The quantitative estimate of drug-likeness (QED) is 0.863. The molecule has 2 aromatic rings. The van der Waals surface area contributed by atoms with Crippen molar-refractivity contribution < 1.29 is 9.53 Å². The number of amides is 1. The molecule has 0 saturated carbocycles. The third kappa shape index (κ3) is 4.57. The third-order valence-corrected chi connectivity index (χ3v) is 3.79. The molecule has 5 nitrogen and oxygen atoms in total. The minimum absolute atomic E-state index is 0.0513. The van der Waals surface area contributed by atoms with Crippen molar-refractivity contribution in [3.63, 3.8) is 0 Å². The molecule has 0 spiro atoms. The number of nitrogens with one attached hydrogen (secondary N) is 1. The highest BCUT2D eigenvalue weighted by Crippen LogP contribution is 2.17. The number of rotatable bonds is 6. The fourth-order valence-corrected chi connectivity index (χ4v) is 2.58. The van der Waals surface area contributed by atoms with E-state index in [2.05, 4.69) is 38.4 Å². The average Bonchev–Trinajstić information content (AvgIpc) is 2.86. The first-order valence-corrected chi connectivity index (χ1v) is 7.79. The summed E-state index contributed by atoms with van der Waals surface area (Å²) in [6.07, 6.45) is 1.89. The third-order valence-electron chi connectivity index (χ3n) is 2.36. The largest absolute Gasteiger partial charge is 0.484 e. The van der Waals surface area contributed by atoms with Crippen molar-refractivity contribution in [2.75, 3.05) is 11.9 Å². The number of aryl methyl sites for hydroxylation is 1. The number of carbonyl (C=O) groups is 1. The SMILES string of the molecule is CCCc1nnc(NC(=O)COc2ccc(Br)cc2)s1. The number of anilines is 1. The van der Waals surface area contributed by atoms with Crippen molar-refractivity contribution in [1.29, 1.82) is 0 Å². The highest BCUT2D eigenvalue weighted by atomic mass is 79.9. The Hall–Kier alpha value is -1.47. The van der Waals surface area contributed by atoms with E-state index >= 15 is 0 Å². The molecule has 1 heterocycles. The van der Waals surface area contributed by atoms with Gasteiger partial charge in [-0.1, -0.05) is 34.2 Å². The van der Waals surface area contributed by atoms with Crippen molar-refractivity contribution in [3.05, 3.63) is 33.7 Å². The van der Waals surface area contributed by atoms with Crippen LogP contribution >= 0.6 is 27.3 Å². The number of hydrogen-bond acceptors (Lipinski definition) is 5. The van der Waals surface area contributed by atoms with Gasteiger partial charge in [0.1, 0.15) is 10.8 Å². The number of aromatic nitrogens is 2. The second-order valence-corrected chi connectivity index (χ2v) is 6.02. The highest BCUT2D eigenvalue weighted by molar-refractivity contribution is 9.10. The predicted octanol–water partition coefficient (Wildman–Crippen LogP) is 3.27. The molecule has 0 radical (unpaired) electrons. The smallest absolute Gasteiger partial charge is 0.264 e. The number of carbonyl (C=O) groups excluding carboxylic acids is 1. The lowest BCUT2D eigenvalue weighted by Gasteiger charge is -2.05. The molecule has 0 fully saturated rings. The first-order valence-electron chi connectivity index (χ1n) is 6.18. The fraction of sp³-hybridized carbons (Fsp3) is 0.308. The molecule has 20 heavy (non-hydrogen) atoms. The molecule has 1 N–H and O–H groups in total. The highest BCUT2D eigenvalue weighted by Gasteiger charge is 2.08.